The number of hydrogen-bond acceptors (Lipinski definition) is 2. The standard InChI is InChI=1S/C14H27N3/c1-10(2)6-13(15)14-7-16-9-17(14)8-12(5)11(3)4/h7,9-13H,6,8,15H2,1-5H3. The summed E-state index contributed by atoms with van der Waals surface area (Å²) >= 11 is 0. The number of nitrogens with zero attached hydrogens (tertiary/aromatic N) is 2. The van der Waals surface area contributed by atoms with Crippen molar-refractivity contribution in [1.82, 2.24) is 9.55 Å². The van der Waals surface area contributed by atoms with Crippen LogP contribution in [-0.2, 0) is 6.54 Å². The van der Waals surface area contributed by atoms with Crippen molar-refractivity contribution < 1.29 is 0 Å². The molecular weight excluding hydrogens is 210 g/mol. The lowest BCUT2D eigenvalue weighted by atomic mass is 9.97. The lowest BCUT2D eigenvalue weighted by molar-refractivity contribution is 0.354. The molecule has 0 radical (unpaired) electrons. The zero-order valence-electron chi connectivity index (χ0n) is 11.9. The van der Waals surface area contributed by atoms with E-state index in [-0.39, 0.29) is 6.04 Å². The van der Waals surface area contributed by atoms with Crippen LogP contribution >= 0.6 is 0 Å². The number of aromatic nitrogens is 2. The van der Waals surface area contributed by atoms with Gasteiger partial charge in [0.25, 0.3) is 0 Å². The maximum Gasteiger partial charge on any atom is 0.0948 e. The number of hydrogen-bond donors (Lipinski definition) is 1. The fourth-order valence-electron chi connectivity index (χ4n) is 1.94. The van der Waals surface area contributed by atoms with Gasteiger partial charge in [-0.3, -0.25) is 0 Å². The van der Waals surface area contributed by atoms with E-state index >= 15 is 0 Å². The first kappa shape index (κ1) is 14.2. The molecule has 0 bridgehead atoms. The van der Waals surface area contributed by atoms with E-state index in [1.807, 2.05) is 12.5 Å². The Labute approximate surface area is 105 Å². The Morgan fingerprint density at radius 3 is 2.41 bits per heavy atom. The predicted molar refractivity (Wildman–Crippen MR) is 72.6 cm³/mol. The van der Waals surface area contributed by atoms with Crippen molar-refractivity contribution in [3.63, 3.8) is 0 Å². The molecule has 2 atom stereocenters. The van der Waals surface area contributed by atoms with Gasteiger partial charge in [0.1, 0.15) is 0 Å². The molecule has 0 aromatic carbocycles. The maximum absolute atomic E-state index is 6.23. The number of rotatable bonds is 6. The van der Waals surface area contributed by atoms with E-state index in [1.54, 1.807) is 0 Å². The van der Waals surface area contributed by atoms with Crippen molar-refractivity contribution in [2.24, 2.45) is 23.5 Å². The van der Waals surface area contributed by atoms with Crippen molar-refractivity contribution in [1.29, 1.82) is 0 Å². The molecule has 0 saturated heterocycles. The predicted octanol–water partition coefficient (Wildman–Crippen LogP) is 3.22. The molecule has 98 valence electrons. The lowest BCUT2D eigenvalue weighted by Crippen LogP contribution is -2.20. The van der Waals surface area contributed by atoms with Crippen molar-refractivity contribution in [3.05, 3.63) is 18.2 Å². The van der Waals surface area contributed by atoms with Crippen LogP contribution < -0.4 is 5.73 Å². The molecule has 0 saturated carbocycles. The van der Waals surface area contributed by atoms with E-state index in [9.17, 15) is 0 Å². The first-order valence-electron chi connectivity index (χ1n) is 6.67. The van der Waals surface area contributed by atoms with Crippen LogP contribution in [0.1, 0.15) is 52.8 Å². The molecule has 0 aliphatic rings. The minimum absolute atomic E-state index is 0.108. The topological polar surface area (TPSA) is 43.8 Å². The number of imidazole rings is 1. The van der Waals surface area contributed by atoms with Gasteiger partial charge in [0.15, 0.2) is 0 Å². The van der Waals surface area contributed by atoms with Gasteiger partial charge in [-0.15, -0.1) is 0 Å². The van der Waals surface area contributed by atoms with Crippen molar-refractivity contribution in [2.45, 2.75) is 53.6 Å². The Morgan fingerprint density at radius 2 is 1.88 bits per heavy atom. The smallest absolute Gasteiger partial charge is 0.0948 e. The van der Waals surface area contributed by atoms with Gasteiger partial charge in [-0.1, -0.05) is 34.6 Å². The van der Waals surface area contributed by atoms with E-state index in [0.29, 0.717) is 17.8 Å². The quantitative estimate of drug-likeness (QED) is 0.825. The second-order valence-corrected chi connectivity index (χ2v) is 5.93. The van der Waals surface area contributed by atoms with Crippen LogP contribution in [-0.4, -0.2) is 9.55 Å². The highest BCUT2D eigenvalue weighted by molar-refractivity contribution is 5.04. The van der Waals surface area contributed by atoms with E-state index < -0.39 is 0 Å². The van der Waals surface area contributed by atoms with Crippen LogP contribution in [0.2, 0.25) is 0 Å². The van der Waals surface area contributed by atoms with Crippen LogP contribution in [0.15, 0.2) is 12.5 Å². The molecule has 1 aromatic heterocycles. The molecule has 0 amide bonds. The van der Waals surface area contributed by atoms with Gasteiger partial charge in [0.2, 0.25) is 0 Å². The van der Waals surface area contributed by atoms with Gasteiger partial charge >= 0.3 is 0 Å². The monoisotopic (exact) mass is 237 g/mol. The van der Waals surface area contributed by atoms with Gasteiger partial charge in [-0.05, 0) is 24.2 Å². The molecule has 0 aliphatic heterocycles. The van der Waals surface area contributed by atoms with Crippen LogP contribution in [0, 0.1) is 17.8 Å². The van der Waals surface area contributed by atoms with E-state index in [4.69, 9.17) is 5.73 Å². The Morgan fingerprint density at radius 1 is 1.24 bits per heavy atom. The Bertz CT molecular complexity index is 328. The fraction of sp³-hybridized carbons (Fsp3) is 0.786. The molecule has 3 nitrogen and oxygen atoms in total. The number of nitrogens with two attached hydrogens (primary N) is 1. The van der Waals surface area contributed by atoms with Crippen molar-refractivity contribution in [3.8, 4) is 0 Å². The summed E-state index contributed by atoms with van der Waals surface area (Å²) in [5, 5.41) is 0. The van der Waals surface area contributed by atoms with Crippen LogP contribution in [0.4, 0.5) is 0 Å². The molecule has 2 unspecified atom stereocenters. The Hall–Kier alpha value is -0.830. The highest BCUT2D eigenvalue weighted by atomic mass is 15.1. The zero-order valence-corrected chi connectivity index (χ0v) is 11.9. The average Bonchev–Trinajstić information content (AvgIpc) is 2.64. The second kappa shape index (κ2) is 6.20. The van der Waals surface area contributed by atoms with Crippen molar-refractivity contribution in [2.75, 3.05) is 0 Å². The summed E-state index contributed by atoms with van der Waals surface area (Å²) in [6, 6.07) is 0.108. The summed E-state index contributed by atoms with van der Waals surface area (Å²) < 4.78 is 2.22. The summed E-state index contributed by atoms with van der Waals surface area (Å²) in [5.41, 5.74) is 7.40. The molecule has 0 aliphatic carbocycles. The zero-order chi connectivity index (χ0) is 13.0. The second-order valence-electron chi connectivity index (χ2n) is 5.93. The molecule has 1 aromatic rings. The normalized spacial score (nSPS) is 15.5. The largest absolute Gasteiger partial charge is 0.333 e. The summed E-state index contributed by atoms with van der Waals surface area (Å²) in [4.78, 5) is 4.25. The lowest BCUT2D eigenvalue weighted by Gasteiger charge is -2.21. The molecule has 0 spiro atoms. The first-order chi connectivity index (χ1) is 7.91. The van der Waals surface area contributed by atoms with Crippen LogP contribution in [0.25, 0.3) is 0 Å². The van der Waals surface area contributed by atoms with Gasteiger partial charge in [0, 0.05) is 18.8 Å². The summed E-state index contributed by atoms with van der Waals surface area (Å²) in [7, 11) is 0. The fourth-order valence-corrected chi connectivity index (χ4v) is 1.94. The molecule has 17 heavy (non-hydrogen) atoms. The third kappa shape index (κ3) is 4.15. The third-order valence-electron chi connectivity index (χ3n) is 3.47. The van der Waals surface area contributed by atoms with E-state index in [0.717, 1.165) is 13.0 Å². The van der Waals surface area contributed by atoms with Crippen molar-refractivity contribution >= 4 is 0 Å². The molecular formula is C14H27N3. The van der Waals surface area contributed by atoms with Gasteiger partial charge in [-0.2, -0.15) is 0 Å². The minimum Gasteiger partial charge on any atom is -0.333 e. The summed E-state index contributed by atoms with van der Waals surface area (Å²) in [6.45, 7) is 12.2. The average molecular weight is 237 g/mol. The first-order valence-corrected chi connectivity index (χ1v) is 6.67. The van der Waals surface area contributed by atoms with Crippen LogP contribution in [0.5, 0.6) is 0 Å². The summed E-state index contributed by atoms with van der Waals surface area (Å²) in [5.74, 6) is 1.96. The Kier molecular flexibility index (Phi) is 5.19. The molecule has 3 heteroatoms. The minimum atomic E-state index is 0.108. The van der Waals surface area contributed by atoms with Gasteiger partial charge < -0.3 is 10.3 Å². The molecule has 1 rings (SSSR count). The third-order valence-corrected chi connectivity index (χ3v) is 3.47. The summed E-state index contributed by atoms with van der Waals surface area (Å²) in [6.07, 6.45) is 4.84. The van der Waals surface area contributed by atoms with E-state index in [2.05, 4.69) is 44.2 Å². The molecule has 0 fully saturated rings. The van der Waals surface area contributed by atoms with Crippen LogP contribution in [0.3, 0.4) is 0 Å². The van der Waals surface area contributed by atoms with E-state index in [1.165, 1.54) is 5.69 Å². The van der Waals surface area contributed by atoms with Gasteiger partial charge in [-0.25, -0.2) is 4.98 Å². The SMILES string of the molecule is CC(C)CC(N)c1cncn1CC(C)C(C)C. The molecule has 1 heterocycles. The highest BCUT2D eigenvalue weighted by Gasteiger charge is 2.15. The van der Waals surface area contributed by atoms with Gasteiger partial charge in [0.05, 0.1) is 12.0 Å². The molecule has 2 N–H and O–H groups in total. The Balaban J connectivity index is 2.71. The maximum atomic E-state index is 6.23. The highest BCUT2D eigenvalue weighted by Crippen LogP contribution is 2.20.